The number of fused-ring (bicyclic) bond motifs is 4. The monoisotopic (exact) mass is 1020 g/mol. The molecule has 0 aliphatic rings. The first-order chi connectivity index (χ1) is 29.7. The van der Waals surface area contributed by atoms with Gasteiger partial charge in [0.1, 0.15) is 5.58 Å². The van der Waals surface area contributed by atoms with Crippen LogP contribution in [0, 0.1) is 31.9 Å². The molecule has 0 spiro atoms. The molecule has 0 aliphatic carbocycles. The van der Waals surface area contributed by atoms with Crippen molar-refractivity contribution in [1.29, 1.82) is 0 Å². The summed E-state index contributed by atoms with van der Waals surface area (Å²) < 4.78 is 8.81. The Kier molecular flexibility index (Phi) is 13.5. The number of imidazole rings is 1. The van der Waals surface area contributed by atoms with Gasteiger partial charge in [-0.15, -0.1) is 53.6 Å². The van der Waals surface area contributed by atoms with Crippen molar-refractivity contribution in [3.63, 3.8) is 0 Å². The quantitative estimate of drug-likeness (QED) is 0.107. The number of pyridine rings is 2. The first kappa shape index (κ1) is 45.6. The van der Waals surface area contributed by atoms with Crippen molar-refractivity contribution in [3.8, 4) is 39.5 Å². The van der Waals surface area contributed by atoms with Crippen LogP contribution < -0.4 is 5.19 Å². The molecule has 9 aromatic rings. The third-order valence-electron chi connectivity index (χ3n) is 11.7. The predicted molar refractivity (Wildman–Crippen MR) is 264 cm³/mol. The van der Waals surface area contributed by atoms with E-state index in [2.05, 4.69) is 188 Å². The van der Waals surface area contributed by atoms with Crippen LogP contribution in [0.4, 0.5) is 0 Å². The number of nitrogens with zero attached hydrogens (tertiary/aromatic N) is 4. The molecule has 0 saturated heterocycles. The van der Waals surface area contributed by atoms with Gasteiger partial charge in [0.2, 0.25) is 0 Å². The van der Waals surface area contributed by atoms with Gasteiger partial charge in [0, 0.05) is 43.6 Å². The zero-order valence-corrected chi connectivity index (χ0v) is 41.9. The summed E-state index contributed by atoms with van der Waals surface area (Å²) in [6.45, 7) is 25.0. The molecule has 5 nitrogen and oxygen atoms in total. The number of furan rings is 1. The largest absolute Gasteiger partial charge is 0.501 e. The molecule has 63 heavy (non-hydrogen) atoms. The van der Waals surface area contributed by atoms with E-state index in [-0.39, 0.29) is 31.9 Å². The van der Waals surface area contributed by atoms with E-state index in [4.69, 9.17) is 14.4 Å². The maximum Gasteiger partial charge on any atom is 0.120 e. The smallest absolute Gasteiger partial charge is 0.120 e. The Labute approximate surface area is 388 Å². The molecular formula is C56H58IrN4OSi-2. The average molecular weight is 1020 g/mol. The molecule has 323 valence electrons. The van der Waals surface area contributed by atoms with Gasteiger partial charge in [-0.1, -0.05) is 133 Å². The Balaban J connectivity index is 0.000000229. The van der Waals surface area contributed by atoms with Crippen molar-refractivity contribution in [1.82, 2.24) is 19.5 Å². The van der Waals surface area contributed by atoms with Crippen LogP contribution in [0.5, 0.6) is 0 Å². The number of rotatable bonds is 9. The van der Waals surface area contributed by atoms with Crippen LogP contribution in [-0.2, 0) is 26.5 Å². The summed E-state index contributed by atoms with van der Waals surface area (Å²) in [4.78, 5) is 14.5. The van der Waals surface area contributed by atoms with Gasteiger partial charge in [-0.05, 0) is 94.6 Å². The molecule has 0 saturated carbocycles. The van der Waals surface area contributed by atoms with E-state index in [9.17, 15) is 0 Å². The Hall–Kier alpha value is -5.46. The summed E-state index contributed by atoms with van der Waals surface area (Å²) in [5, 5.41) is 3.67. The van der Waals surface area contributed by atoms with E-state index in [0.29, 0.717) is 5.92 Å². The van der Waals surface area contributed by atoms with Gasteiger partial charge in [-0.2, -0.15) is 0 Å². The van der Waals surface area contributed by atoms with E-state index in [1.54, 1.807) is 0 Å². The summed E-state index contributed by atoms with van der Waals surface area (Å²) in [6, 6.07) is 43.2. The summed E-state index contributed by atoms with van der Waals surface area (Å²) in [7, 11) is -1.35. The standard InChI is InChI=1S/C37H32N3O.C19H26NSi.Ir/c1-22(2)29-19-26(25-10-7-6-8-11-25)20-30(23(3)4)35(29)40-33-21-38-17-16-32(33)39-37(40)28-13-9-12-27-31-18-24(5)14-15-34(31)41-36(27)28;1-14(2)11-17-12-18(16-9-7-15(3)8-10-16)20-13-19(17)21(4,5)6;/h6-12,14-23H,1-5H3;7-9,12-14H,11H2,1-6H3;/q2*-1;. The fourth-order valence-corrected chi connectivity index (χ4v) is 10.1. The molecule has 0 atom stereocenters. The van der Waals surface area contributed by atoms with E-state index >= 15 is 0 Å². The predicted octanol–water partition coefficient (Wildman–Crippen LogP) is 14.6. The molecule has 0 aliphatic heterocycles. The van der Waals surface area contributed by atoms with Crippen molar-refractivity contribution in [2.45, 2.75) is 93.3 Å². The average Bonchev–Trinajstić information content (AvgIpc) is 3.81. The Morgan fingerprint density at radius 2 is 1.44 bits per heavy atom. The van der Waals surface area contributed by atoms with Crippen molar-refractivity contribution >= 4 is 46.2 Å². The molecule has 0 fully saturated rings. The summed E-state index contributed by atoms with van der Waals surface area (Å²) in [5.41, 5.74) is 16.6. The second kappa shape index (κ2) is 18.7. The van der Waals surface area contributed by atoms with E-state index in [0.717, 1.165) is 67.7 Å². The molecule has 9 rings (SSSR count). The van der Waals surface area contributed by atoms with Crippen LogP contribution in [0.2, 0.25) is 19.6 Å². The third-order valence-corrected chi connectivity index (χ3v) is 13.7. The molecule has 0 N–H and O–H groups in total. The van der Waals surface area contributed by atoms with Crippen molar-refractivity contribution in [2.75, 3.05) is 0 Å². The van der Waals surface area contributed by atoms with E-state index < -0.39 is 8.07 Å². The summed E-state index contributed by atoms with van der Waals surface area (Å²) in [6.07, 6.45) is 6.98. The Bertz CT molecular complexity index is 3000. The van der Waals surface area contributed by atoms with Gasteiger partial charge in [-0.25, -0.2) is 0 Å². The Morgan fingerprint density at radius 3 is 2.10 bits per heavy atom. The minimum Gasteiger partial charge on any atom is -0.501 e. The Morgan fingerprint density at radius 1 is 0.730 bits per heavy atom. The summed E-state index contributed by atoms with van der Waals surface area (Å²) >= 11 is 0. The van der Waals surface area contributed by atoms with Gasteiger partial charge in [-0.3, -0.25) is 9.97 Å². The molecular weight excluding hydrogens is 965 g/mol. The maximum atomic E-state index is 6.51. The van der Waals surface area contributed by atoms with Crippen LogP contribution in [0.3, 0.4) is 0 Å². The van der Waals surface area contributed by atoms with E-state index in [1.807, 2.05) is 30.6 Å². The molecule has 4 heterocycles. The second-order valence-electron chi connectivity index (χ2n) is 18.9. The molecule has 5 aromatic carbocycles. The van der Waals surface area contributed by atoms with Crippen LogP contribution >= 0.6 is 0 Å². The number of aromatic nitrogens is 4. The van der Waals surface area contributed by atoms with Gasteiger partial charge in [0.15, 0.2) is 0 Å². The number of aryl methyl sites for hydroxylation is 2. The van der Waals surface area contributed by atoms with Crippen molar-refractivity contribution in [3.05, 3.63) is 162 Å². The first-order valence-electron chi connectivity index (χ1n) is 22.1. The fraction of sp³-hybridized carbons (Fsp3) is 0.268. The maximum absolute atomic E-state index is 6.51. The normalized spacial score (nSPS) is 11.8. The molecule has 0 bridgehead atoms. The van der Waals surface area contributed by atoms with Crippen molar-refractivity contribution < 1.29 is 24.5 Å². The first-order valence-corrected chi connectivity index (χ1v) is 25.6. The van der Waals surface area contributed by atoms with E-state index in [1.165, 1.54) is 44.1 Å². The zero-order valence-electron chi connectivity index (χ0n) is 38.5. The van der Waals surface area contributed by atoms with Crippen LogP contribution in [0.15, 0.2) is 126 Å². The number of hydrogen-bond acceptors (Lipinski definition) is 4. The number of benzene rings is 5. The minimum atomic E-state index is -1.35. The van der Waals surface area contributed by atoms with Gasteiger partial charge in [0.05, 0.1) is 36.7 Å². The van der Waals surface area contributed by atoms with Crippen molar-refractivity contribution in [2.24, 2.45) is 5.92 Å². The zero-order chi connectivity index (χ0) is 43.9. The third kappa shape index (κ3) is 9.43. The molecule has 0 amide bonds. The second-order valence-corrected chi connectivity index (χ2v) is 23.9. The minimum absolute atomic E-state index is 0. The molecule has 7 heteroatoms. The van der Waals surface area contributed by atoms with Crippen LogP contribution in [0.1, 0.15) is 81.2 Å². The SMILES string of the molecule is Cc1c[c-]c(-c2cc(CC(C)C)c([Si](C)(C)C)cn2)cc1.Cc1ccc2oc3c(-c4nc5ccncc5n4-c4c(C(C)C)cc(-c5ccccc5)cc4C(C)C)[c-]ccc3c2c1.[Ir]. The van der Waals surface area contributed by atoms with Gasteiger partial charge < -0.3 is 14.0 Å². The molecule has 0 unspecified atom stereocenters. The molecule has 4 aromatic heterocycles. The van der Waals surface area contributed by atoms with Gasteiger partial charge >= 0.3 is 0 Å². The topological polar surface area (TPSA) is 56.7 Å². The van der Waals surface area contributed by atoms with Crippen LogP contribution in [-0.4, -0.2) is 27.6 Å². The van der Waals surface area contributed by atoms with Gasteiger partial charge in [0.25, 0.3) is 0 Å². The summed E-state index contributed by atoms with van der Waals surface area (Å²) in [5.74, 6) is 2.03. The van der Waals surface area contributed by atoms with Crippen LogP contribution in [0.25, 0.3) is 72.4 Å². The molecule has 1 radical (unpaired) electrons. The number of hydrogen-bond donors (Lipinski definition) is 0. The fourth-order valence-electron chi connectivity index (χ4n) is 8.55.